The van der Waals surface area contributed by atoms with E-state index in [1.807, 2.05) is 6.07 Å². The number of hydrazine groups is 1. The number of rotatable bonds is 4. The molecule has 0 saturated carbocycles. The number of ether oxygens (including phenoxy) is 1. The Kier molecular flexibility index (Phi) is 4.28. The van der Waals surface area contributed by atoms with Gasteiger partial charge in [0, 0.05) is 6.07 Å². The molecule has 0 radical (unpaired) electrons. The highest BCUT2D eigenvalue weighted by Gasteiger charge is 2.12. The van der Waals surface area contributed by atoms with Crippen molar-refractivity contribution in [2.75, 3.05) is 17.9 Å². The van der Waals surface area contributed by atoms with Gasteiger partial charge in [0.2, 0.25) is 0 Å². The molecule has 0 aliphatic rings. The number of benzene rings is 1. The fourth-order valence-corrected chi connectivity index (χ4v) is 1.60. The zero-order chi connectivity index (χ0) is 15.2. The molecule has 4 N–H and O–H groups in total. The van der Waals surface area contributed by atoms with Crippen LogP contribution in [-0.4, -0.2) is 23.0 Å². The molecular formula is C13H12N6O2. The van der Waals surface area contributed by atoms with Gasteiger partial charge in [-0.1, -0.05) is 0 Å². The molecule has 0 aliphatic carbocycles. The van der Waals surface area contributed by atoms with Gasteiger partial charge >= 0.3 is 0 Å². The zero-order valence-corrected chi connectivity index (χ0v) is 11.1. The fourth-order valence-electron chi connectivity index (χ4n) is 1.60. The van der Waals surface area contributed by atoms with Gasteiger partial charge in [0.15, 0.2) is 5.82 Å². The van der Waals surface area contributed by atoms with Crippen LogP contribution >= 0.6 is 0 Å². The molecule has 2 rings (SSSR count). The first-order valence-electron chi connectivity index (χ1n) is 5.86. The number of hydrogen-bond acceptors (Lipinski definition) is 7. The SMILES string of the molecule is COc1cc(C#N)ccc1NC(=O)c1cncc(NN)n1. The largest absolute Gasteiger partial charge is 0.495 e. The average Bonchev–Trinajstić information content (AvgIpc) is 2.55. The molecule has 8 nitrogen and oxygen atoms in total. The summed E-state index contributed by atoms with van der Waals surface area (Å²) in [5, 5.41) is 11.5. The van der Waals surface area contributed by atoms with Crippen molar-refractivity contribution in [2.24, 2.45) is 5.84 Å². The van der Waals surface area contributed by atoms with Crippen LogP contribution in [0, 0.1) is 11.3 Å². The second-order valence-corrected chi connectivity index (χ2v) is 3.91. The molecule has 0 aliphatic heterocycles. The number of carbonyl (C=O) groups is 1. The smallest absolute Gasteiger partial charge is 0.276 e. The molecule has 0 saturated heterocycles. The van der Waals surface area contributed by atoms with Crippen LogP contribution in [0.1, 0.15) is 16.1 Å². The minimum atomic E-state index is -0.470. The second-order valence-electron chi connectivity index (χ2n) is 3.91. The van der Waals surface area contributed by atoms with Gasteiger partial charge in [-0.15, -0.1) is 0 Å². The van der Waals surface area contributed by atoms with E-state index < -0.39 is 5.91 Å². The van der Waals surface area contributed by atoms with Crippen LogP contribution in [0.5, 0.6) is 5.75 Å². The maximum absolute atomic E-state index is 12.1. The van der Waals surface area contributed by atoms with Gasteiger partial charge in [-0.2, -0.15) is 5.26 Å². The van der Waals surface area contributed by atoms with E-state index in [0.717, 1.165) is 0 Å². The second kappa shape index (κ2) is 6.31. The first-order valence-corrected chi connectivity index (χ1v) is 5.86. The molecule has 1 amide bonds. The number of carbonyl (C=O) groups excluding carboxylic acids is 1. The minimum Gasteiger partial charge on any atom is -0.495 e. The van der Waals surface area contributed by atoms with E-state index in [1.54, 1.807) is 12.1 Å². The average molecular weight is 284 g/mol. The van der Waals surface area contributed by atoms with Crippen LogP contribution in [0.15, 0.2) is 30.6 Å². The quantitative estimate of drug-likeness (QED) is 0.562. The van der Waals surface area contributed by atoms with E-state index in [2.05, 4.69) is 20.7 Å². The van der Waals surface area contributed by atoms with Crippen molar-refractivity contribution in [3.63, 3.8) is 0 Å². The Morgan fingerprint density at radius 2 is 2.24 bits per heavy atom. The normalized spacial score (nSPS) is 9.57. The lowest BCUT2D eigenvalue weighted by Crippen LogP contribution is -2.17. The van der Waals surface area contributed by atoms with E-state index in [9.17, 15) is 4.79 Å². The van der Waals surface area contributed by atoms with Crippen molar-refractivity contribution < 1.29 is 9.53 Å². The molecule has 1 aromatic heterocycles. The van der Waals surface area contributed by atoms with Crippen molar-refractivity contribution >= 4 is 17.4 Å². The number of nitrogens with one attached hydrogen (secondary N) is 2. The van der Waals surface area contributed by atoms with Gasteiger partial charge in [-0.05, 0) is 12.1 Å². The van der Waals surface area contributed by atoms with Crippen molar-refractivity contribution in [1.82, 2.24) is 9.97 Å². The van der Waals surface area contributed by atoms with Crippen LogP contribution in [0.25, 0.3) is 0 Å². The van der Waals surface area contributed by atoms with Crippen molar-refractivity contribution in [1.29, 1.82) is 5.26 Å². The number of anilines is 2. The Morgan fingerprint density at radius 3 is 2.90 bits per heavy atom. The number of nitriles is 1. The van der Waals surface area contributed by atoms with E-state index in [0.29, 0.717) is 17.0 Å². The highest BCUT2D eigenvalue weighted by atomic mass is 16.5. The third kappa shape index (κ3) is 3.23. The maximum atomic E-state index is 12.1. The molecule has 0 fully saturated rings. The molecule has 1 aromatic carbocycles. The number of methoxy groups -OCH3 is 1. The van der Waals surface area contributed by atoms with Crippen LogP contribution in [0.4, 0.5) is 11.5 Å². The summed E-state index contributed by atoms with van der Waals surface area (Å²) < 4.78 is 5.14. The third-order valence-electron chi connectivity index (χ3n) is 2.59. The summed E-state index contributed by atoms with van der Waals surface area (Å²) in [6, 6.07) is 6.67. The number of hydrogen-bond donors (Lipinski definition) is 3. The number of amides is 1. The lowest BCUT2D eigenvalue weighted by Gasteiger charge is -2.10. The summed E-state index contributed by atoms with van der Waals surface area (Å²) in [6.07, 6.45) is 2.70. The van der Waals surface area contributed by atoms with Crippen LogP contribution in [0.3, 0.4) is 0 Å². The molecule has 2 aromatic rings. The van der Waals surface area contributed by atoms with Gasteiger partial charge in [-0.3, -0.25) is 9.78 Å². The Morgan fingerprint density at radius 1 is 1.43 bits per heavy atom. The number of nitrogen functional groups attached to an aromatic ring is 1. The lowest BCUT2D eigenvalue weighted by atomic mass is 10.2. The molecule has 0 spiro atoms. The van der Waals surface area contributed by atoms with E-state index in [-0.39, 0.29) is 11.5 Å². The van der Waals surface area contributed by atoms with Gasteiger partial charge < -0.3 is 15.5 Å². The van der Waals surface area contributed by atoms with Gasteiger partial charge in [0.1, 0.15) is 11.4 Å². The molecular weight excluding hydrogens is 272 g/mol. The van der Waals surface area contributed by atoms with Gasteiger partial charge in [-0.25, -0.2) is 10.8 Å². The first-order chi connectivity index (χ1) is 10.2. The van der Waals surface area contributed by atoms with Gasteiger partial charge in [0.25, 0.3) is 5.91 Å². The fraction of sp³-hybridized carbons (Fsp3) is 0.0769. The van der Waals surface area contributed by atoms with Gasteiger partial charge in [0.05, 0.1) is 36.8 Å². The molecule has 0 bridgehead atoms. The molecule has 21 heavy (non-hydrogen) atoms. The summed E-state index contributed by atoms with van der Waals surface area (Å²) >= 11 is 0. The predicted octanol–water partition coefficient (Wildman–Crippen LogP) is 0.895. The highest BCUT2D eigenvalue weighted by Crippen LogP contribution is 2.25. The monoisotopic (exact) mass is 284 g/mol. The predicted molar refractivity (Wildman–Crippen MR) is 75.5 cm³/mol. The summed E-state index contributed by atoms with van der Waals surface area (Å²) in [6.45, 7) is 0. The molecule has 0 atom stereocenters. The molecule has 8 heteroatoms. The number of nitrogens with zero attached hydrogens (tertiary/aromatic N) is 3. The van der Waals surface area contributed by atoms with E-state index >= 15 is 0 Å². The van der Waals surface area contributed by atoms with E-state index in [1.165, 1.54) is 25.6 Å². The minimum absolute atomic E-state index is 0.0943. The van der Waals surface area contributed by atoms with Crippen LogP contribution < -0.4 is 21.3 Å². The lowest BCUT2D eigenvalue weighted by molar-refractivity contribution is 0.102. The summed E-state index contributed by atoms with van der Waals surface area (Å²) in [5.74, 6) is 5.40. The molecule has 0 unspecified atom stereocenters. The number of nitrogens with two attached hydrogens (primary N) is 1. The van der Waals surface area contributed by atoms with E-state index in [4.69, 9.17) is 15.8 Å². The van der Waals surface area contributed by atoms with Crippen LogP contribution in [0.2, 0.25) is 0 Å². The zero-order valence-electron chi connectivity index (χ0n) is 11.1. The Labute approximate surface area is 120 Å². The summed E-state index contributed by atoms with van der Waals surface area (Å²) in [7, 11) is 1.45. The molecule has 1 heterocycles. The summed E-state index contributed by atoms with van der Waals surface area (Å²) in [5.41, 5.74) is 3.26. The Hall–Kier alpha value is -3.18. The first kappa shape index (κ1) is 14.2. The summed E-state index contributed by atoms with van der Waals surface area (Å²) in [4.78, 5) is 19.9. The maximum Gasteiger partial charge on any atom is 0.276 e. The van der Waals surface area contributed by atoms with Crippen molar-refractivity contribution in [3.8, 4) is 11.8 Å². The highest BCUT2D eigenvalue weighted by molar-refractivity contribution is 6.03. The Bertz CT molecular complexity index is 710. The molecule has 106 valence electrons. The topological polar surface area (TPSA) is 126 Å². The standard InChI is InChI=1S/C13H12N6O2/c1-21-11-4-8(5-14)2-3-9(11)18-13(20)10-6-16-7-12(17-10)19-15/h2-4,6-7H,15H2,1H3,(H,17,19)(H,18,20). The van der Waals surface area contributed by atoms with Crippen molar-refractivity contribution in [3.05, 3.63) is 41.9 Å². The third-order valence-corrected chi connectivity index (χ3v) is 2.59. The van der Waals surface area contributed by atoms with Crippen molar-refractivity contribution in [2.45, 2.75) is 0 Å². The number of aromatic nitrogens is 2. The van der Waals surface area contributed by atoms with Crippen LogP contribution in [-0.2, 0) is 0 Å². The Balaban J connectivity index is 2.25.